The van der Waals surface area contributed by atoms with Crippen molar-refractivity contribution < 1.29 is 33.3 Å². The summed E-state index contributed by atoms with van der Waals surface area (Å²) in [6.07, 6.45) is 0. The van der Waals surface area contributed by atoms with E-state index in [2.05, 4.69) is 0 Å². The van der Waals surface area contributed by atoms with E-state index in [1.165, 1.54) is 21.1 Å². The maximum atomic E-state index is 13.8. The van der Waals surface area contributed by atoms with Gasteiger partial charge in [-0.1, -0.05) is 18.2 Å². The minimum Gasteiger partial charge on any atom is -0.468 e. The number of hydrogen-bond acceptors (Lipinski definition) is 9. The lowest BCUT2D eigenvalue weighted by Gasteiger charge is -2.38. The van der Waals surface area contributed by atoms with Crippen LogP contribution in [-0.2, 0) is 38.7 Å². The maximum Gasteiger partial charge on any atom is 0.339 e. The second kappa shape index (κ2) is 8.57. The number of allylic oxidation sites excluding steroid dienone is 1. The Morgan fingerprint density at radius 3 is 2.65 bits per heavy atom. The highest BCUT2D eigenvalue weighted by molar-refractivity contribution is 6.20. The lowest BCUT2D eigenvalue weighted by molar-refractivity contribution is -0.143. The van der Waals surface area contributed by atoms with Gasteiger partial charge in [-0.25, -0.2) is 4.79 Å². The van der Waals surface area contributed by atoms with Gasteiger partial charge in [-0.2, -0.15) is 5.26 Å². The molecule has 2 heterocycles. The number of para-hydroxylation sites is 1. The van der Waals surface area contributed by atoms with E-state index in [-0.39, 0.29) is 24.5 Å². The van der Waals surface area contributed by atoms with Crippen molar-refractivity contribution in [2.24, 2.45) is 5.92 Å². The molecule has 10 nitrogen and oxygen atoms in total. The van der Waals surface area contributed by atoms with Gasteiger partial charge in [-0.15, -0.1) is 0 Å². The highest BCUT2D eigenvalue weighted by Gasteiger charge is 2.65. The summed E-state index contributed by atoms with van der Waals surface area (Å²) in [5.41, 5.74) is -1.44. The topological polar surface area (TPSA) is 139 Å². The number of rotatable bonds is 6. The first kappa shape index (κ1) is 22.0. The number of benzene rings is 1. The zero-order valence-electron chi connectivity index (χ0n) is 17.3. The Balaban J connectivity index is 2.26. The summed E-state index contributed by atoms with van der Waals surface area (Å²) in [5, 5.41) is 18.1. The highest BCUT2D eigenvalue weighted by atomic mass is 16.6. The molecule has 31 heavy (non-hydrogen) atoms. The van der Waals surface area contributed by atoms with Crippen molar-refractivity contribution in [1.82, 2.24) is 0 Å². The van der Waals surface area contributed by atoms with Crippen LogP contribution in [-0.4, -0.2) is 57.7 Å². The summed E-state index contributed by atoms with van der Waals surface area (Å²) in [4.78, 5) is 40.1. The molecule has 0 saturated carbocycles. The summed E-state index contributed by atoms with van der Waals surface area (Å²) in [5.74, 6) is -4.21. The number of anilines is 1. The van der Waals surface area contributed by atoms with Crippen LogP contribution in [0.15, 0.2) is 35.6 Å². The first-order chi connectivity index (χ1) is 14.8. The standard InChI is InChI=1S/C21H21N3O7/c1-12-17(19(26)30-9-8-28-2)21(14(10-22)18(23)31-12)13-6-4-5-7-15(13)24(20(21)27)11-16(25)29-3/h4-7,14,23H,8-9,11H2,1-3H3. The van der Waals surface area contributed by atoms with E-state index in [9.17, 15) is 19.6 Å². The van der Waals surface area contributed by atoms with E-state index in [0.29, 0.717) is 11.3 Å². The predicted molar refractivity (Wildman–Crippen MR) is 106 cm³/mol. The van der Waals surface area contributed by atoms with E-state index in [1.807, 2.05) is 6.07 Å². The van der Waals surface area contributed by atoms with Gasteiger partial charge in [-0.3, -0.25) is 19.9 Å². The molecule has 2 aliphatic rings. The van der Waals surface area contributed by atoms with Gasteiger partial charge in [0.15, 0.2) is 0 Å². The molecule has 0 bridgehead atoms. The van der Waals surface area contributed by atoms with E-state index in [1.54, 1.807) is 24.3 Å². The number of hydrogen-bond donors (Lipinski definition) is 1. The van der Waals surface area contributed by atoms with Crippen LogP contribution in [0.3, 0.4) is 0 Å². The second-order valence-electron chi connectivity index (χ2n) is 6.88. The van der Waals surface area contributed by atoms with E-state index in [4.69, 9.17) is 24.4 Å². The molecule has 1 aromatic rings. The predicted octanol–water partition coefficient (Wildman–Crippen LogP) is 1.05. The summed E-state index contributed by atoms with van der Waals surface area (Å²) < 4.78 is 20.2. The van der Waals surface area contributed by atoms with Crippen LogP contribution in [0.25, 0.3) is 0 Å². The number of esters is 2. The zero-order chi connectivity index (χ0) is 22.8. The number of carbonyl (C=O) groups excluding carboxylic acids is 3. The fourth-order valence-corrected chi connectivity index (χ4v) is 3.99. The van der Waals surface area contributed by atoms with Crippen LogP contribution >= 0.6 is 0 Å². The van der Waals surface area contributed by atoms with Crippen molar-refractivity contribution in [3.8, 4) is 6.07 Å². The van der Waals surface area contributed by atoms with Gasteiger partial charge in [0.2, 0.25) is 11.8 Å². The third kappa shape index (κ3) is 3.33. The molecule has 2 aliphatic heterocycles. The second-order valence-corrected chi connectivity index (χ2v) is 6.88. The van der Waals surface area contributed by atoms with Gasteiger partial charge in [0.25, 0.3) is 0 Å². The number of fused-ring (bicyclic) bond motifs is 2. The van der Waals surface area contributed by atoms with E-state index < -0.39 is 41.6 Å². The molecule has 3 rings (SSSR count). The summed E-state index contributed by atoms with van der Waals surface area (Å²) >= 11 is 0. The van der Waals surface area contributed by atoms with Gasteiger partial charge >= 0.3 is 11.9 Å². The fourth-order valence-electron chi connectivity index (χ4n) is 3.99. The van der Waals surface area contributed by atoms with Crippen LogP contribution in [0.1, 0.15) is 12.5 Å². The highest BCUT2D eigenvalue weighted by Crippen LogP contribution is 2.54. The molecular formula is C21H21N3O7. The van der Waals surface area contributed by atoms with Gasteiger partial charge in [0, 0.05) is 12.8 Å². The molecule has 0 fully saturated rings. The minimum atomic E-state index is -1.90. The van der Waals surface area contributed by atoms with Crippen LogP contribution in [0, 0.1) is 22.7 Å². The molecule has 162 valence electrons. The first-order valence-electron chi connectivity index (χ1n) is 9.36. The Bertz CT molecular complexity index is 1030. The Labute approximate surface area is 178 Å². The molecule has 10 heteroatoms. The third-order valence-electron chi connectivity index (χ3n) is 5.28. The van der Waals surface area contributed by atoms with Crippen LogP contribution < -0.4 is 4.90 Å². The molecule has 2 unspecified atom stereocenters. The molecule has 0 aliphatic carbocycles. The monoisotopic (exact) mass is 427 g/mol. The Hall–Kier alpha value is -3.71. The Morgan fingerprint density at radius 1 is 1.29 bits per heavy atom. The van der Waals surface area contributed by atoms with Gasteiger partial charge in [0.05, 0.1) is 25.4 Å². The van der Waals surface area contributed by atoms with Crippen LogP contribution in [0.2, 0.25) is 0 Å². The average Bonchev–Trinajstić information content (AvgIpc) is 2.97. The molecular weight excluding hydrogens is 406 g/mol. The zero-order valence-corrected chi connectivity index (χ0v) is 17.3. The van der Waals surface area contributed by atoms with Gasteiger partial charge in [0.1, 0.15) is 30.2 Å². The smallest absolute Gasteiger partial charge is 0.339 e. The van der Waals surface area contributed by atoms with Gasteiger partial charge < -0.3 is 18.9 Å². The Morgan fingerprint density at radius 2 is 2.00 bits per heavy atom. The van der Waals surface area contributed by atoms with Crippen molar-refractivity contribution in [1.29, 1.82) is 10.7 Å². The number of carbonyl (C=O) groups is 3. The quantitative estimate of drug-likeness (QED) is 0.525. The lowest BCUT2D eigenvalue weighted by Crippen LogP contribution is -2.54. The first-order valence-corrected chi connectivity index (χ1v) is 9.36. The van der Waals surface area contributed by atoms with E-state index in [0.717, 1.165) is 4.90 Å². The number of nitriles is 1. The van der Waals surface area contributed by atoms with Crippen LogP contribution in [0.4, 0.5) is 5.69 Å². The molecule has 1 amide bonds. The van der Waals surface area contributed by atoms with Crippen molar-refractivity contribution in [3.05, 3.63) is 41.2 Å². The molecule has 1 spiro atoms. The third-order valence-corrected chi connectivity index (χ3v) is 5.28. The number of ether oxygens (including phenoxy) is 4. The number of methoxy groups -OCH3 is 2. The van der Waals surface area contributed by atoms with Crippen molar-refractivity contribution in [2.45, 2.75) is 12.3 Å². The molecule has 0 aromatic heterocycles. The van der Waals surface area contributed by atoms with Crippen molar-refractivity contribution >= 4 is 29.4 Å². The number of amides is 1. The molecule has 1 aromatic carbocycles. The largest absolute Gasteiger partial charge is 0.468 e. The fraction of sp³-hybridized carbons (Fsp3) is 0.381. The van der Waals surface area contributed by atoms with Crippen molar-refractivity contribution in [2.75, 3.05) is 38.9 Å². The molecule has 1 N–H and O–H groups in total. The van der Waals surface area contributed by atoms with Crippen LogP contribution in [0.5, 0.6) is 0 Å². The number of nitrogens with zero attached hydrogens (tertiary/aromatic N) is 2. The SMILES string of the molecule is COCCOC(=O)C1=C(C)OC(=N)C(C#N)C12C(=O)N(CC(=O)OC)c1ccccc12. The van der Waals surface area contributed by atoms with E-state index >= 15 is 0 Å². The number of nitrogens with one attached hydrogen (secondary N) is 1. The lowest BCUT2D eigenvalue weighted by atomic mass is 9.64. The summed E-state index contributed by atoms with van der Waals surface area (Å²) in [6, 6.07) is 8.43. The molecule has 0 saturated heterocycles. The summed E-state index contributed by atoms with van der Waals surface area (Å²) in [7, 11) is 2.63. The molecule has 0 radical (unpaired) electrons. The van der Waals surface area contributed by atoms with Crippen molar-refractivity contribution in [3.63, 3.8) is 0 Å². The normalized spacial score (nSPS) is 22.1. The minimum absolute atomic E-state index is 0.0259. The van der Waals surface area contributed by atoms with Gasteiger partial charge in [-0.05, 0) is 18.6 Å². The molecule has 2 atom stereocenters. The maximum absolute atomic E-state index is 13.8. The summed E-state index contributed by atoms with van der Waals surface area (Å²) in [6.45, 7) is 1.04. The average molecular weight is 427 g/mol. The Kier molecular flexibility index (Phi) is 6.08.